The minimum Gasteiger partial charge on any atom is -0.303 e. The molecule has 1 aromatic rings. The standard InChI is InChI=1S/C20H32N2S/c1-23-17-19-9-12-21(13-10-19)15-20-8-5-11-22(16-20)14-18-6-3-2-4-7-18/h2-4,6-7,19-20H,5,8-17H2,1H3. The van der Waals surface area contributed by atoms with Crippen LogP contribution >= 0.6 is 11.8 Å². The Morgan fingerprint density at radius 2 is 1.74 bits per heavy atom. The zero-order chi connectivity index (χ0) is 15.9. The predicted molar refractivity (Wildman–Crippen MR) is 102 cm³/mol. The van der Waals surface area contributed by atoms with Gasteiger partial charge in [-0.15, -0.1) is 0 Å². The molecule has 0 radical (unpaired) electrons. The van der Waals surface area contributed by atoms with Crippen LogP contribution in [0.3, 0.4) is 0 Å². The Morgan fingerprint density at radius 1 is 0.957 bits per heavy atom. The van der Waals surface area contributed by atoms with Crippen LogP contribution in [0.2, 0.25) is 0 Å². The summed E-state index contributed by atoms with van der Waals surface area (Å²) in [6.07, 6.45) is 7.88. The molecular formula is C20H32N2S. The molecule has 0 aromatic heterocycles. The highest BCUT2D eigenvalue weighted by atomic mass is 32.2. The van der Waals surface area contributed by atoms with Gasteiger partial charge >= 0.3 is 0 Å². The molecule has 2 fully saturated rings. The Bertz CT molecular complexity index is 442. The Kier molecular flexibility index (Phi) is 6.85. The first-order valence-corrected chi connectivity index (χ1v) is 10.7. The highest BCUT2D eigenvalue weighted by Gasteiger charge is 2.25. The van der Waals surface area contributed by atoms with Crippen molar-refractivity contribution in [2.45, 2.75) is 32.2 Å². The van der Waals surface area contributed by atoms with Crippen LogP contribution in [-0.4, -0.2) is 54.5 Å². The molecule has 2 saturated heterocycles. The van der Waals surface area contributed by atoms with Crippen LogP contribution < -0.4 is 0 Å². The molecule has 3 heteroatoms. The second-order valence-electron chi connectivity index (χ2n) is 7.43. The lowest BCUT2D eigenvalue weighted by Crippen LogP contribution is -2.43. The van der Waals surface area contributed by atoms with Crippen LogP contribution in [0.4, 0.5) is 0 Å². The molecule has 0 bridgehead atoms. The third kappa shape index (κ3) is 5.51. The largest absolute Gasteiger partial charge is 0.303 e. The molecule has 2 heterocycles. The summed E-state index contributed by atoms with van der Waals surface area (Å²) in [5, 5.41) is 0. The first-order valence-electron chi connectivity index (χ1n) is 9.31. The number of piperidine rings is 2. The van der Waals surface area contributed by atoms with Crippen LogP contribution in [-0.2, 0) is 6.54 Å². The molecule has 0 aliphatic carbocycles. The highest BCUT2D eigenvalue weighted by molar-refractivity contribution is 7.98. The van der Waals surface area contributed by atoms with E-state index in [0.717, 1.165) is 18.4 Å². The number of rotatable bonds is 6. The monoisotopic (exact) mass is 332 g/mol. The second kappa shape index (κ2) is 9.10. The normalized spacial score (nSPS) is 24.8. The third-order valence-corrected chi connectivity index (χ3v) is 6.28. The average Bonchev–Trinajstić information content (AvgIpc) is 2.58. The summed E-state index contributed by atoms with van der Waals surface area (Å²) in [4.78, 5) is 5.41. The van der Waals surface area contributed by atoms with E-state index in [1.165, 1.54) is 69.7 Å². The maximum absolute atomic E-state index is 2.74. The third-order valence-electron chi connectivity index (χ3n) is 5.48. The quantitative estimate of drug-likeness (QED) is 0.778. The second-order valence-corrected chi connectivity index (χ2v) is 8.34. The Hall–Kier alpha value is -0.510. The fourth-order valence-corrected chi connectivity index (χ4v) is 5.03. The number of benzene rings is 1. The van der Waals surface area contributed by atoms with Crippen LogP contribution in [0.25, 0.3) is 0 Å². The van der Waals surface area contributed by atoms with Crippen LogP contribution in [0, 0.1) is 11.8 Å². The molecular weight excluding hydrogens is 300 g/mol. The summed E-state index contributed by atoms with van der Waals surface area (Å²) in [6, 6.07) is 11.0. The van der Waals surface area contributed by atoms with Gasteiger partial charge in [0, 0.05) is 19.6 Å². The molecule has 0 spiro atoms. The van der Waals surface area contributed by atoms with Crippen molar-refractivity contribution in [2.24, 2.45) is 11.8 Å². The van der Waals surface area contributed by atoms with Crippen molar-refractivity contribution in [1.29, 1.82) is 0 Å². The summed E-state index contributed by atoms with van der Waals surface area (Å²) in [6.45, 7) is 7.70. The van der Waals surface area contributed by atoms with Gasteiger partial charge in [-0.2, -0.15) is 11.8 Å². The Labute approximate surface area is 146 Å². The molecule has 3 rings (SSSR count). The lowest BCUT2D eigenvalue weighted by Gasteiger charge is -2.38. The van der Waals surface area contributed by atoms with Gasteiger partial charge in [0.05, 0.1) is 0 Å². The van der Waals surface area contributed by atoms with Gasteiger partial charge in [0.2, 0.25) is 0 Å². The summed E-state index contributed by atoms with van der Waals surface area (Å²) in [7, 11) is 0. The predicted octanol–water partition coefficient (Wildman–Crippen LogP) is 3.97. The molecule has 2 aliphatic heterocycles. The van der Waals surface area contributed by atoms with E-state index in [-0.39, 0.29) is 0 Å². The van der Waals surface area contributed by atoms with Gasteiger partial charge in [-0.1, -0.05) is 30.3 Å². The molecule has 1 aromatic carbocycles. The Balaban J connectivity index is 1.42. The van der Waals surface area contributed by atoms with E-state index in [9.17, 15) is 0 Å². The maximum atomic E-state index is 2.74. The SMILES string of the molecule is CSCC1CCN(CC2CCCN(Cc3ccccc3)C2)CC1. The van der Waals surface area contributed by atoms with Crippen molar-refractivity contribution in [3.8, 4) is 0 Å². The number of likely N-dealkylation sites (tertiary alicyclic amines) is 2. The van der Waals surface area contributed by atoms with Gasteiger partial charge in [0.15, 0.2) is 0 Å². The van der Waals surface area contributed by atoms with Crippen molar-refractivity contribution in [3.63, 3.8) is 0 Å². The van der Waals surface area contributed by atoms with Crippen LogP contribution in [0.1, 0.15) is 31.2 Å². The first kappa shape index (κ1) is 17.3. The smallest absolute Gasteiger partial charge is 0.0233 e. The van der Waals surface area contributed by atoms with E-state index in [4.69, 9.17) is 0 Å². The summed E-state index contributed by atoms with van der Waals surface area (Å²) >= 11 is 2.02. The van der Waals surface area contributed by atoms with Crippen molar-refractivity contribution >= 4 is 11.8 Å². The number of nitrogens with zero attached hydrogens (tertiary/aromatic N) is 2. The van der Waals surface area contributed by atoms with E-state index < -0.39 is 0 Å². The van der Waals surface area contributed by atoms with E-state index in [1.54, 1.807) is 0 Å². The molecule has 1 unspecified atom stereocenters. The molecule has 0 N–H and O–H groups in total. The zero-order valence-corrected chi connectivity index (χ0v) is 15.4. The molecule has 0 amide bonds. The average molecular weight is 333 g/mol. The van der Waals surface area contributed by atoms with E-state index in [0.29, 0.717) is 0 Å². The minimum atomic E-state index is 0.879. The fourth-order valence-electron chi connectivity index (χ4n) is 4.22. The lowest BCUT2D eigenvalue weighted by atomic mass is 9.94. The van der Waals surface area contributed by atoms with Gasteiger partial charge in [-0.3, -0.25) is 4.90 Å². The van der Waals surface area contributed by atoms with Crippen LogP contribution in [0.15, 0.2) is 30.3 Å². The summed E-state index contributed by atoms with van der Waals surface area (Å²) < 4.78 is 0. The maximum Gasteiger partial charge on any atom is 0.0233 e. The number of hydrogen-bond donors (Lipinski definition) is 0. The summed E-state index contributed by atoms with van der Waals surface area (Å²) in [5.41, 5.74) is 1.46. The van der Waals surface area contributed by atoms with Gasteiger partial charge in [0.1, 0.15) is 0 Å². The highest BCUT2D eigenvalue weighted by Crippen LogP contribution is 2.24. The van der Waals surface area contributed by atoms with Crippen molar-refractivity contribution in [2.75, 3.05) is 44.7 Å². The molecule has 23 heavy (non-hydrogen) atoms. The molecule has 1 atom stereocenters. The first-order chi connectivity index (χ1) is 11.3. The number of thioether (sulfide) groups is 1. The zero-order valence-electron chi connectivity index (χ0n) is 14.6. The van der Waals surface area contributed by atoms with Gasteiger partial charge in [-0.25, -0.2) is 0 Å². The number of hydrogen-bond acceptors (Lipinski definition) is 3. The van der Waals surface area contributed by atoms with E-state index in [2.05, 4.69) is 46.4 Å². The fraction of sp³-hybridized carbons (Fsp3) is 0.700. The topological polar surface area (TPSA) is 6.48 Å². The molecule has 0 saturated carbocycles. The van der Waals surface area contributed by atoms with Crippen molar-refractivity contribution in [1.82, 2.24) is 9.80 Å². The van der Waals surface area contributed by atoms with Crippen molar-refractivity contribution < 1.29 is 0 Å². The van der Waals surface area contributed by atoms with E-state index >= 15 is 0 Å². The lowest BCUT2D eigenvalue weighted by molar-refractivity contribution is 0.109. The minimum absolute atomic E-state index is 0.879. The Morgan fingerprint density at radius 3 is 2.48 bits per heavy atom. The van der Waals surface area contributed by atoms with Crippen molar-refractivity contribution in [3.05, 3.63) is 35.9 Å². The summed E-state index contributed by atoms with van der Waals surface area (Å²) in [5.74, 6) is 3.22. The molecule has 2 aliphatic rings. The molecule has 2 nitrogen and oxygen atoms in total. The van der Waals surface area contributed by atoms with Gasteiger partial charge < -0.3 is 4.90 Å². The van der Waals surface area contributed by atoms with Gasteiger partial charge in [0.25, 0.3) is 0 Å². The van der Waals surface area contributed by atoms with Crippen LogP contribution in [0.5, 0.6) is 0 Å². The molecule has 128 valence electrons. The van der Waals surface area contributed by atoms with Gasteiger partial charge in [-0.05, 0) is 74.7 Å². The van der Waals surface area contributed by atoms with E-state index in [1.807, 2.05) is 11.8 Å².